The molecule has 8 rings (SSSR count). The SMILES string of the molecule is c1ccc(-c2cc3ccc4c(c5ccccc5n4-c4cccc(-c5cc6ccccc6cn5)c4)c3s2)cc1. The Morgan fingerprint density at radius 2 is 1.34 bits per heavy atom. The Hall–Kier alpha value is -4.73. The zero-order valence-electron chi connectivity index (χ0n) is 20.5. The molecule has 0 amide bonds. The maximum absolute atomic E-state index is 4.79. The zero-order chi connectivity index (χ0) is 25.1. The molecule has 0 atom stereocenters. The lowest BCUT2D eigenvalue weighted by Crippen LogP contribution is -1.94. The number of nitrogens with zero attached hydrogens (tertiary/aromatic N) is 2. The number of hydrogen-bond donors (Lipinski definition) is 0. The number of fused-ring (bicyclic) bond motifs is 6. The maximum Gasteiger partial charge on any atom is 0.0709 e. The highest BCUT2D eigenvalue weighted by Crippen LogP contribution is 2.42. The van der Waals surface area contributed by atoms with Gasteiger partial charge in [-0.3, -0.25) is 4.98 Å². The molecule has 0 N–H and O–H groups in total. The van der Waals surface area contributed by atoms with E-state index in [4.69, 9.17) is 4.98 Å². The molecule has 3 aromatic heterocycles. The average molecular weight is 503 g/mol. The summed E-state index contributed by atoms with van der Waals surface area (Å²) in [6.07, 6.45) is 1.97. The fourth-order valence-corrected chi connectivity index (χ4v) is 6.84. The molecule has 38 heavy (non-hydrogen) atoms. The van der Waals surface area contributed by atoms with Gasteiger partial charge in [0.25, 0.3) is 0 Å². The summed E-state index contributed by atoms with van der Waals surface area (Å²) in [5.74, 6) is 0. The van der Waals surface area contributed by atoms with Gasteiger partial charge in [0, 0.05) is 43.2 Å². The van der Waals surface area contributed by atoms with Crippen LogP contribution in [0.25, 0.3) is 70.0 Å². The van der Waals surface area contributed by atoms with Gasteiger partial charge < -0.3 is 4.57 Å². The van der Waals surface area contributed by atoms with Crippen LogP contribution in [-0.2, 0) is 0 Å². The third kappa shape index (κ3) is 3.29. The molecule has 8 aromatic rings. The number of rotatable bonds is 3. The van der Waals surface area contributed by atoms with Gasteiger partial charge in [-0.15, -0.1) is 11.3 Å². The Bertz CT molecular complexity index is 2130. The third-order valence-electron chi connectivity index (χ3n) is 7.41. The maximum atomic E-state index is 4.79. The van der Waals surface area contributed by atoms with Crippen molar-refractivity contribution in [2.75, 3.05) is 0 Å². The van der Waals surface area contributed by atoms with Crippen LogP contribution in [0.2, 0.25) is 0 Å². The van der Waals surface area contributed by atoms with E-state index in [1.807, 2.05) is 17.5 Å². The molecule has 0 aliphatic heterocycles. The topological polar surface area (TPSA) is 17.8 Å². The van der Waals surface area contributed by atoms with Gasteiger partial charge in [-0.1, -0.05) is 91.0 Å². The van der Waals surface area contributed by atoms with Crippen molar-refractivity contribution in [1.29, 1.82) is 0 Å². The van der Waals surface area contributed by atoms with E-state index in [0.717, 1.165) is 22.3 Å². The second-order valence-electron chi connectivity index (χ2n) is 9.67. The van der Waals surface area contributed by atoms with Gasteiger partial charge in [0.2, 0.25) is 0 Å². The van der Waals surface area contributed by atoms with E-state index in [0.29, 0.717) is 0 Å². The summed E-state index contributed by atoms with van der Waals surface area (Å²) in [5.41, 5.74) is 6.95. The number of thiophene rings is 1. The summed E-state index contributed by atoms with van der Waals surface area (Å²) in [6, 6.07) is 45.6. The molecule has 0 bridgehead atoms. The smallest absolute Gasteiger partial charge is 0.0709 e. The Labute approximate surface area is 224 Å². The van der Waals surface area contributed by atoms with Crippen LogP contribution in [0, 0.1) is 0 Å². The predicted octanol–water partition coefficient (Wildman–Crippen LogP) is 9.88. The lowest BCUT2D eigenvalue weighted by Gasteiger charge is -2.10. The van der Waals surface area contributed by atoms with E-state index in [1.54, 1.807) is 0 Å². The summed E-state index contributed by atoms with van der Waals surface area (Å²) >= 11 is 1.88. The molecular weight excluding hydrogens is 480 g/mol. The van der Waals surface area contributed by atoms with Gasteiger partial charge in [-0.2, -0.15) is 0 Å². The fraction of sp³-hybridized carbons (Fsp3) is 0. The lowest BCUT2D eigenvalue weighted by molar-refractivity contribution is 1.18. The van der Waals surface area contributed by atoms with Crippen molar-refractivity contribution in [2.45, 2.75) is 0 Å². The van der Waals surface area contributed by atoms with Crippen LogP contribution in [0.1, 0.15) is 0 Å². The van der Waals surface area contributed by atoms with Gasteiger partial charge in [0.1, 0.15) is 0 Å². The molecule has 178 valence electrons. The van der Waals surface area contributed by atoms with Crippen molar-refractivity contribution in [3.05, 3.63) is 134 Å². The number of para-hydroxylation sites is 1. The summed E-state index contributed by atoms with van der Waals surface area (Å²) in [7, 11) is 0. The lowest BCUT2D eigenvalue weighted by atomic mass is 10.1. The second kappa shape index (κ2) is 8.41. The molecule has 0 radical (unpaired) electrons. The number of aromatic nitrogens is 2. The van der Waals surface area contributed by atoms with Crippen molar-refractivity contribution >= 4 is 54.0 Å². The minimum absolute atomic E-state index is 0.986. The van der Waals surface area contributed by atoms with Crippen molar-refractivity contribution in [1.82, 2.24) is 9.55 Å². The molecule has 3 heterocycles. The minimum atomic E-state index is 0.986. The quantitative estimate of drug-likeness (QED) is 0.235. The highest BCUT2D eigenvalue weighted by atomic mass is 32.1. The standard InChI is InChI=1S/C35H22N2S/c1-2-9-23(10-3-1)33-21-26-17-18-32-34(35(26)38-33)29-15-6-7-16-31(29)37(32)28-14-8-13-25(19-28)30-20-24-11-4-5-12-27(24)22-36-30/h1-22H. The van der Waals surface area contributed by atoms with Crippen molar-refractivity contribution in [3.8, 4) is 27.4 Å². The van der Waals surface area contributed by atoms with Crippen LogP contribution in [0.15, 0.2) is 134 Å². The molecule has 0 saturated carbocycles. The van der Waals surface area contributed by atoms with Crippen LogP contribution in [0.5, 0.6) is 0 Å². The first-order valence-corrected chi connectivity index (χ1v) is 13.6. The first-order valence-electron chi connectivity index (χ1n) is 12.8. The van der Waals surface area contributed by atoms with Crippen LogP contribution in [0.3, 0.4) is 0 Å². The summed E-state index contributed by atoms with van der Waals surface area (Å²) in [5, 5.41) is 6.25. The second-order valence-corrected chi connectivity index (χ2v) is 10.7. The first kappa shape index (κ1) is 21.4. The van der Waals surface area contributed by atoms with Crippen LogP contribution in [-0.4, -0.2) is 9.55 Å². The van der Waals surface area contributed by atoms with E-state index in [9.17, 15) is 0 Å². The largest absolute Gasteiger partial charge is 0.309 e. The molecule has 5 aromatic carbocycles. The fourth-order valence-electron chi connectivity index (χ4n) is 5.62. The molecule has 0 fully saturated rings. The third-order valence-corrected chi connectivity index (χ3v) is 8.63. The zero-order valence-corrected chi connectivity index (χ0v) is 21.3. The van der Waals surface area contributed by atoms with Crippen molar-refractivity contribution in [3.63, 3.8) is 0 Å². The molecule has 0 aliphatic carbocycles. The Morgan fingerprint density at radius 1 is 0.553 bits per heavy atom. The van der Waals surface area contributed by atoms with E-state index >= 15 is 0 Å². The molecule has 0 spiro atoms. The van der Waals surface area contributed by atoms with Gasteiger partial charge in [-0.25, -0.2) is 0 Å². The molecule has 2 nitrogen and oxygen atoms in total. The van der Waals surface area contributed by atoms with Crippen LogP contribution < -0.4 is 0 Å². The molecule has 0 saturated heterocycles. The normalized spacial score (nSPS) is 11.7. The Morgan fingerprint density at radius 3 is 2.26 bits per heavy atom. The number of hydrogen-bond acceptors (Lipinski definition) is 2. The Kier molecular flexibility index (Phi) is 4.73. The van der Waals surface area contributed by atoms with E-state index in [2.05, 4.69) is 132 Å². The molecule has 0 unspecified atom stereocenters. The number of benzene rings is 5. The highest BCUT2D eigenvalue weighted by Gasteiger charge is 2.17. The Balaban J connectivity index is 1.36. The van der Waals surface area contributed by atoms with Crippen LogP contribution in [0.4, 0.5) is 0 Å². The minimum Gasteiger partial charge on any atom is -0.309 e. The van der Waals surface area contributed by atoms with E-state index in [-0.39, 0.29) is 0 Å². The van der Waals surface area contributed by atoms with Gasteiger partial charge in [0.05, 0.1) is 16.7 Å². The summed E-state index contributed by atoms with van der Waals surface area (Å²) < 4.78 is 3.74. The van der Waals surface area contributed by atoms with Crippen molar-refractivity contribution < 1.29 is 0 Å². The average Bonchev–Trinajstić information content (AvgIpc) is 3.57. The summed E-state index contributed by atoms with van der Waals surface area (Å²) in [4.78, 5) is 6.09. The molecule has 3 heteroatoms. The van der Waals surface area contributed by atoms with Crippen LogP contribution >= 0.6 is 11.3 Å². The first-order chi connectivity index (χ1) is 18.8. The number of pyridine rings is 1. The van der Waals surface area contributed by atoms with Gasteiger partial charge >= 0.3 is 0 Å². The predicted molar refractivity (Wildman–Crippen MR) is 162 cm³/mol. The van der Waals surface area contributed by atoms with Gasteiger partial charge in [0.15, 0.2) is 0 Å². The molecule has 0 aliphatic rings. The van der Waals surface area contributed by atoms with Gasteiger partial charge in [-0.05, 0) is 52.7 Å². The monoisotopic (exact) mass is 502 g/mol. The van der Waals surface area contributed by atoms with E-state index in [1.165, 1.54) is 47.7 Å². The highest BCUT2D eigenvalue weighted by molar-refractivity contribution is 7.23. The van der Waals surface area contributed by atoms with E-state index < -0.39 is 0 Å². The van der Waals surface area contributed by atoms with Crippen molar-refractivity contribution in [2.24, 2.45) is 0 Å². The summed E-state index contributed by atoms with van der Waals surface area (Å²) in [6.45, 7) is 0. The molecular formula is C35H22N2S.